The van der Waals surface area contributed by atoms with Gasteiger partial charge in [0.15, 0.2) is 17.5 Å². The number of furan rings is 1. The highest BCUT2D eigenvalue weighted by Gasteiger charge is 2.21. The van der Waals surface area contributed by atoms with Crippen molar-refractivity contribution in [2.45, 2.75) is 12.8 Å². The molecule has 0 saturated heterocycles. The van der Waals surface area contributed by atoms with Crippen molar-refractivity contribution in [2.24, 2.45) is 0 Å². The Labute approximate surface area is 318 Å². The number of para-hydroxylation sites is 1. The molecule has 1 aliphatic rings. The van der Waals surface area contributed by atoms with E-state index in [0.717, 1.165) is 68.2 Å². The highest BCUT2D eigenvalue weighted by atomic mass is 16.3. The SMILES string of the molecule is C1=Cc2ccc(-c3nc(-c4ccc(-c5ccc6ccccc6c5)cc4)nc(-c4ccc(-c5ccc6ccccc6c5)c5oc6ccccc6c45)n3)cc2CC1. The van der Waals surface area contributed by atoms with Gasteiger partial charge in [-0.3, -0.25) is 0 Å². The normalized spacial score (nSPS) is 12.5. The first-order chi connectivity index (χ1) is 27.2. The fourth-order valence-corrected chi connectivity index (χ4v) is 8.11. The molecule has 4 heteroatoms. The van der Waals surface area contributed by atoms with E-state index in [1.807, 2.05) is 12.1 Å². The summed E-state index contributed by atoms with van der Waals surface area (Å²) >= 11 is 0. The van der Waals surface area contributed by atoms with Gasteiger partial charge in [0, 0.05) is 33.0 Å². The van der Waals surface area contributed by atoms with E-state index < -0.39 is 0 Å². The lowest BCUT2D eigenvalue weighted by molar-refractivity contribution is 0.670. The van der Waals surface area contributed by atoms with Crippen LogP contribution in [0, 0.1) is 0 Å². The molecule has 0 saturated carbocycles. The molecule has 4 nitrogen and oxygen atoms in total. The molecule has 1 aliphatic carbocycles. The summed E-state index contributed by atoms with van der Waals surface area (Å²) in [6.45, 7) is 0. The maximum atomic E-state index is 6.71. The van der Waals surface area contributed by atoms with Crippen LogP contribution in [0.2, 0.25) is 0 Å². The summed E-state index contributed by atoms with van der Waals surface area (Å²) in [6.07, 6.45) is 6.48. The molecule has 55 heavy (non-hydrogen) atoms. The van der Waals surface area contributed by atoms with Gasteiger partial charge in [-0.2, -0.15) is 0 Å². The van der Waals surface area contributed by atoms with Gasteiger partial charge in [-0.15, -0.1) is 0 Å². The number of nitrogens with zero attached hydrogens (tertiary/aromatic N) is 3. The number of aromatic nitrogens is 3. The molecule has 10 aromatic rings. The Morgan fingerprint density at radius 1 is 0.436 bits per heavy atom. The van der Waals surface area contributed by atoms with E-state index in [-0.39, 0.29) is 0 Å². The molecule has 0 amide bonds. The van der Waals surface area contributed by atoms with Crippen molar-refractivity contribution in [3.05, 3.63) is 181 Å². The number of allylic oxidation sites excluding steroid dienone is 1. The first kappa shape index (κ1) is 31.4. The van der Waals surface area contributed by atoms with Crippen molar-refractivity contribution in [2.75, 3.05) is 0 Å². The van der Waals surface area contributed by atoms with E-state index in [9.17, 15) is 0 Å². The van der Waals surface area contributed by atoms with E-state index in [1.165, 1.54) is 38.2 Å². The Morgan fingerprint density at radius 3 is 1.84 bits per heavy atom. The summed E-state index contributed by atoms with van der Waals surface area (Å²) in [5.41, 5.74) is 11.5. The van der Waals surface area contributed by atoms with Gasteiger partial charge in [-0.1, -0.05) is 140 Å². The maximum absolute atomic E-state index is 6.71. The molecule has 0 aliphatic heterocycles. The number of hydrogen-bond donors (Lipinski definition) is 0. The molecule has 0 bridgehead atoms. The minimum atomic E-state index is 0.609. The van der Waals surface area contributed by atoms with Crippen LogP contribution in [0.3, 0.4) is 0 Å². The Kier molecular flexibility index (Phi) is 7.27. The molecule has 2 heterocycles. The number of hydrogen-bond acceptors (Lipinski definition) is 4. The quantitative estimate of drug-likeness (QED) is 0.179. The molecular formula is C51H33N3O. The lowest BCUT2D eigenvalue weighted by Gasteiger charge is -2.14. The monoisotopic (exact) mass is 703 g/mol. The predicted octanol–water partition coefficient (Wildman–Crippen LogP) is 13.4. The Hall–Kier alpha value is -7.17. The molecule has 8 aromatic carbocycles. The maximum Gasteiger partial charge on any atom is 0.164 e. The third-order valence-electron chi connectivity index (χ3n) is 11.0. The third-order valence-corrected chi connectivity index (χ3v) is 11.0. The zero-order valence-electron chi connectivity index (χ0n) is 29.9. The molecule has 0 spiro atoms. The zero-order valence-corrected chi connectivity index (χ0v) is 29.9. The van der Waals surface area contributed by atoms with E-state index in [2.05, 4.69) is 164 Å². The molecule has 0 N–H and O–H groups in total. The Bertz CT molecular complexity index is 3150. The summed E-state index contributed by atoms with van der Waals surface area (Å²) in [5, 5.41) is 6.87. The second kappa shape index (κ2) is 12.8. The molecule has 258 valence electrons. The van der Waals surface area contributed by atoms with Crippen LogP contribution in [-0.4, -0.2) is 15.0 Å². The van der Waals surface area contributed by atoms with Crippen LogP contribution in [0.25, 0.3) is 106 Å². The van der Waals surface area contributed by atoms with Crippen molar-refractivity contribution in [1.29, 1.82) is 0 Å². The topological polar surface area (TPSA) is 51.8 Å². The standard InChI is InChI=1S/C51H33N3O/c1-4-12-37-29-40(24-19-32(37)9-1)35-17-22-36(23-18-35)49-52-50(42-26-21-34-11-3-6-14-39(34)31-42)54-51(53-49)45-28-27-43(41-25-20-33-10-2-5-13-38(33)30-41)48-47(45)44-15-7-8-16-46(44)55-48/h1-5,7-13,15-31H,6,14H2. The highest BCUT2D eigenvalue weighted by Crippen LogP contribution is 2.42. The van der Waals surface area contributed by atoms with E-state index in [1.54, 1.807) is 0 Å². The van der Waals surface area contributed by atoms with Gasteiger partial charge in [0.25, 0.3) is 0 Å². The van der Waals surface area contributed by atoms with Crippen LogP contribution in [0.5, 0.6) is 0 Å². The van der Waals surface area contributed by atoms with Gasteiger partial charge in [-0.05, 0) is 98.6 Å². The summed E-state index contributed by atoms with van der Waals surface area (Å²) < 4.78 is 6.71. The van der Waals surface area contributed by atoms with Crippen LogP contribution in [-0.2, 0) is 6.42 Å². The number of rotatable bonds is 5. The molecule has 0 radical (unpaired) electrons. The number of benzene rings is 8. The van der Waals surface area contributed by atoms with Crippen LogP contribution in [0.4, 0.5) is 0 Å². The second-order valence-electron chi connectivity index (χ2n) is 14.3. The van der Waals surface area contributed by atoms with Crippen LogP contribution < -0.4 is 0 Å². The number of aryl methyl sites for hydroxylation is 1. The van der Waals surface area contributed by atoms with Crippen LogP contribution in [0.15, 0.2) is 174 Å². The van der Waals surface area contributed by atoms with Gasteiger partial charge in [-0.25, -0.2) is 15.0 Å². The van der Waals surface area contributed by atoms with E-state index >= 15 is 0 Å². The lowest BCUT2D eigenvalue weighted by atomic mass is 9.95. The van der Waals surface area contributed by atoms with Crippen molar-refractivity contribution >= 4 is 49.6 Å². The van der Waals surface area contributed by atoms with Crippen LogP contribution in [0.1, 0.15) is 17.5 Å². The fraction of sp³-hybridized carbons (Fsp3) is 0.0392. The first-order valence-electron chi connectivity index (χ1n) is 18.8. The number of fused-ring (bicyclic) bond motifs is 6. The molecule has 0 unspecified atom stereocenters. The molecule has 0 atom stereocenters. The summed E-state index contributed by atoms with van der Waals surface area (Å²) in [7, 11) is 0. The van der Waals surface area contributed by atoms with Gasteiger partial charge in [0.1, 0.15) is 11.2 Å². The average molecular weight is 704 g/mol. The van der Waals surface area contributed by atoms with Crippen molar-refractivity contribution in [1.82, 2.24) is 15.0 Å². The molecule has 11 rings (SSSR count). The summed E-state index contributed by atoms with van der Waals surface area (Å²) in [4.78, 5) is 15.6. The largest absolute Gasteiger partial charge is 0.455 e. The van der Waals surface area contributed by atoms with Crippen LogP contribution >= 0.6 is 0 Å². The Balaban J connectivity index is 1.09. The molecular weight excluding hydrogens is 671 g/mol. The minimum absolute atomic E-state index is 0.609. The smallest absolute Gasteiger partial charge is 0.164 e. The molecule has 0 fully saturated rings. The predicted molar refractivity (Wildman–Crippen MR) is 227 cm³/mol. The second-order valence-corrected chi connectivity index (χ2v) is 14.3. The van der Waals surface area contributed by atoms with E-state index in [0.29, 0.717) is 17.5 Å². The third kappa shape index (κ3) is 5.50. The lowest BCUT2D eigenvalue weighted by Crippen LogP contribution is -2.02. The Morgan fingerprint density at radius 2 is 1.04 bits per heavy atom. The van der Waals surface area contributed by atoms with Crippen molar-refractivity contribution in [3.8, 4) is 56.4 Å². The van der Waals surface area contributed by atoms with Gasteiger partial charge < -0.3 is 4.42 Å². The minimum Gasteiger partial charge on any atom is -0.455 e. The zero-order chi connectivity index (χ0) is 36.3. The van der Waals surface area contributed by atoms with Gasteiger partial charge in [0.2, 0.25) is 0 Å². The highest BCUT2D eigenvalue weighted by molar-refractivity contribution is 6.16. The summed E-state index contributed by atoms with van der Waals surface area (Å²) in [5.74, 6) is 1.88. The average Bonchev–Trinajstić information content (AvgIpc) is 3.65. The fourth-order valence-electron chi connectivity index (χ4n) is 8.11. The van der Waals surface area contributed by atoms with Crippen molar-refractivity contribution < 1.29 is 4.42 Å². The van der Waals surface area contributed by atoms with Gasteiger partial charge >= 0.3 is 0 Å². The van der Waals surface area contributed by atoms with Crippen molar-refractivity contribution in [3.63, 3.8) is 0 Å². The first-order valence-corrected chi connectivity index (χ1v) is 18.8. The summed E-state index contributed by atoms with van der Waals surface area (Å²) in [6, 6.07) is 57.8. The van der Waals surface area contributed by atoms with E-state index in [4.69, 9.17) is 19.4 Å². The molecule has 2 aromatic heterocycles. The van der Waals surface area contributed by atoms with Gasteiger partial charge in [0.05, 0.1) is 0 Å².